The van der Waals surface area contributed by atoms with Crippen LogP contribution in [0.25, 0.3) is 11.1 Å². The van der Waals surface area contributed by atoms with Crippen LogP contribution >= 0.6 is 0 Å². The van der Waals surface area contributed by atoms with E-state index >= 15 is 0 Å². The predicted molar refractivity (Wildman–Crippen MR) is 70.1 cm³/mol. The van der Waals surface area contributed by atoms with Crippen LogP contribution in [0.4, 0.5) is 0 Å². The molecule has 2 rings (SSSR count). The first-order valence-electron chi connectivity index (χ1n) is 5.65. The molecule has 0 spiro atoms. The highest BCUT2D eigenvalue weighted by molar-refractivity contribution is 7.85. The van der Waals surface area contributed by atoms with Crippen LogP contribution in [-0.2, 0) is 10.1 Å². The van der Waals surface area contributed by atoms with Crippen LogP contribution in [0.3, 0.4) is 0 Å². The van der Waals surface area contributed by atoms with Crippen LogP contribution in [0.5, 0.6) is 0 Å². The quantitative estimate of drug-likeness (QED) is 0.838. The van der Waals surface area contributed by atoms with Gasteiger partial charge in [-0.3, -0.25) is 4.55 Å². The minimum Gasteiger partial charge on any atom is -0.350 e. The number of H-pyrrole nitrogens is 1. The second-order valence-electron chi connectivity index (χ2n) is 4.47. The molecule has 1 heterocycles. The predicted octanol–water partition coefficient (Wildman–Crippen LogP) is 3.05. The lowest BCUT2D eigenvalue weighted by Gasteiger charge is -2.07. The van der Waals surface area contributed by atoms with Gasteiger partial charge in [-0.1, -0.05) is 38.1 Å². The van der Waals surface area contributed by atoms with Gasteiger partial charge in [-0.2, -0.15) is 8.42 Å². The molecule has 0 amide bonds. The van der Waals surface area contributed by atoms with Crippen molar-refractivity contribution in [3.63, 3.8) is 0 Å². The van der Waals surface area contributed by atoms with E-state index in [2.05, 4.69) is 18.8 Å². The fourth-order valence-corrected chi connectivity index (χ4v) is 2.52. The van der Waals surface area contributed by atoms with E-state index in [9.17, 15) is 8.42 Å². The minimum absolute atomic E-state index is 0.167. The van der Waals surface area contributed by atoms with Crippen molar-refractivity contribution in [3.8, 4) is 11.1 Å². The van der Waals surface area contributed by atoms with Crippen molar-refractivity contribution < 1.29 is 13.0 Å². The van der Waals surface area contributed by atoms with E-state index in [0.717, 1.165) is 5.56 Å². The first-order chi connectivity index (χ1) is 8.39. The lowest BCUT2D eigenvalue weighted by Crippen LogP contribution is -2.00. The van der Waals surface area contributed by atoms with Crippen molar-refractivity contribution in [3.05, 3.63) is 42.1 Å². The Hall–Kier alpha value is -1.59. The molecule has 0 atom stereocenters. The number of nitrogens with one attached hydrogen (secondary N) is 1. The third kappa shape index (κ3) is 2.47. The maximum Gasteiger partial charge on any atom is 0.310 e. The van der Waals surface area contributed by atoms with E-state index in [1.165, 1.54) is 11.8 Å². The second-order valence-corrected chi connectivity index (χ2v) is 5.83. The number of hydrogen-bond acceptors (Lipinski definition) is 2. The average Bonchev–Trinajstić information content (AvgIpc) is 2.77. The molecule has 0 saturated heterocycles. The molecular formula is C13H15NO3S. The number of aromatic nitrogens is 1. The molecule has 0 radical (unpaired) electrons. The molecule has 5 heteroatoms. The molecule has 0 aliphatic heterocycles. The summed E-state index contributed by atoms with van der Waals surface area (Å²) >= 11 is 0. The summed E-state index contributed by atoms with van der Waals surface area (Å²) in [5.74, 6) is 0.423. The smallest absolute Gasteiger partial charge is 0.310 e. The summed E-state index contributed by atoms with van der Waals surface area (Å²) in [4.78, 5) is 2.54. The van der Waals surface area contributed by atoms with Gasteiger partial charge in [-0.25, -0.2) is 0 Å². The summed E-state index contributed by atoms with van der Waals surface area (Å²) < 4.78 is 31.5. The zero-order valence-corrected chi connectivity index (χ0v) is 11.0. The van der Waals surface area contributed by atoms with Crippen LogP contribution < -0.4 is 0 Å². The average molecular weight is 265 g/mol. The first-order valence-corrected chi connectivity index (χ1v) is 7.09. The molecule has 4 nitrogen and oxygen atoms in total. The Kier molecular flexibility index (Phi) is 3.28. The van der Waals surface area contributed by atoms with Crippen LogP contribution in [0, 0.1) is 0 Å². The van der Waals surface area contributed by atoms with Crippen molar-refractivity contribution in [2.24, 2.45) is 0 Å². The molecule has 2 aromatic rings. The van der Waals surface area contributed by atoms with Gasteiger partial charge in [0.25, 0.3) is 0 Å². The Morgan fingerprint density at radius 3 is 2.22 bits per heavy atom. The van der Waals surface area contributed by atoms with Crippen LogP contribution in [-0.4, -0.2) is 18.0 Å². The molecule has 0 unspecified atom stereocenters. The molecule has 0 bridgehead atoms. The number of hydrogen-bond donors (Lipinski definition) is 2. The van der Waals surface area contributed by atoms with Crippen LogP contribution in [0.2, 0.25) is 0 Å². The van der Waals surface area contributed by atoms with Gasteiger partial charge in [-0.15, -0.1) is 0 Å². The van der Waals surface area contributed by atoms with Crippen molar-refractivity contribution in [2.75, 3.05) is 0 Å². The molecule has 18 heavy (non-hydrogen) atoms. The SMILES string of the molecule is CC(C)c1ccc(-c2cc[nH]c2S(=O)(=O)O)cc1. The summed E-state index contributed by atoms with van der Waals surface area (Å²) in [5, 5.41) is -0.167. The van der Waals surface area contributed by atoms with Crippen molar-refractivity contribution in [2.45, 2.75) is 24.8 Å². The highest BCUT2D eigenvalue weighted by atomic mass is 32.2. The summed E-state index contributed by atoms with van der Waals surface area (Å²) in [6, 6.07) is 9.26. The van der Waals surface area contributed by atoms with Gasteiger partial charge in [0.15, 0.2) is 5.03 Å². The third-order valence-electron chi connectivity index (χ3n) is 2.86. The largest absolute Gasteiger partial charge is 0.350 e. The van der Waals surface area contributed by atoms with E-state index in [0.29, 0.717) is 11.5 Å². The molecule has 0 aliphatic carbocycles. The standard InChI is InChI=1S/C13H15NO3S/c1-9(2)10-3-5-11(6-4-10)12-7-8-14-13(12)18(15,16)17/h3-9,14H,1-2H3,(H,15,16,17). The molecule has 1 aromatic carbocycles. The van der Waals surface area contributed by atoms with E-state index < -0.39 is 10.1 Å². The van der Waals surface area contributed by atoms with Crippen molar-refractivity contribution in [1.82, 2.24) is 4.98 Å². The fourth-order valence-electron chi connectivity index (χ4n) is 1.84. The van der Waals surface area contributed by atoms with Gasteiger partial charge in [0.1, 0.15) is 0 Å². The lowest BCUT2D eigenvalue weighted by atomic mass is 10.00. The molecule has 0 aliphatic rings. The topological polar surface area (TPSA) is 70.2 Å². The third-order valence-corrected chi connectivity index (χ3v) is 3.71. The number of benzene rings is 1. The number of aromatic amines is 1. The normalized spacial score (nSPS) is 12.0. The highest BCUT2D eigenvalue weighted by Gasteiger charge is 2.17. The van der Waals surface area contributed by atoms with Crippen LogP contribution in [0.15, 0.2) is 41.6 Å². The van der Waals surface area contributed by atoms with Crippen molar-refractivity contribution >= 4 is 10.1 Å². The van der Waals surface area contributed by atoms with E-state index in [1.807, 2.05) is 24.3 Å². The summed E-state index contributed by atoms with van der Waals surface area (Å²) in [7, 11) is -4.22. The molecule has 0 fully saturated rings. The first kappa shape index (κ1) is 12.9. The Balaban J connectivity index is 2.47. The molecule has 1 aromatic heterocycles. The summed E-state index contributed by atoms with van der Waals surface area (Å²) in [6.07, 6.45) is 1.49. The van der Waals surface area contributed by atoms with E-state index in [1.54, 1.807) is 6.07 Å². The Bertz CT molecular complexity index is 639. The lowest BCUT2D eigenvalue weighted by molar-refractivity contribution is 0.480. The zero-order valence-electron chi connectivity index (χ0n) is 10.2. The monoisotopic (exact) mass is 265 g/mol. The van der Waals surface area contributed by atoms with Gasteiger partial charge in [0, 0.05) is 11.8 Å². The fraction of sp³-hybridized carbons (Fsp3) is 0.231. The second kappa shape index (κ2) is 4.59. The van der Waals surface area contributed by atoms with E-state index in [4.69, 9.17) is 4.55 Å². The zero-order chi connectivity index (χ0) is 13.3. The Labute approximate surface area is 106 Å². The van der Waals surface area contributed by atoms with E-state index in [-0.39, 0.29) is 5.03 Å². The molecule has 96 valence electrons. The van der Waals surface area contributed by atoms with Gasteiger partial charge >= 0.3 is 10.1 Å². The molecular weight excluding hydrogens is 250 g/mol. The Morgan fingerprint density at radius 2 is 1.72 bits per heavy atom. The maximum atomic E-state index is 11.2. The van der Waals surface area contributed by atoms with Crippen molar-refractivity contribution in [1.29, 1.82) is 0 Å². The maximum absolute atomic E-state index is 11.2. The summed E-state index contributed by atoms with van der Waals surface area (Å²) in [5.41, 5.74) is 2.42. The van der Waals surface area contributed by atoms with Gasteiger partial charge in [-0.05, 0) is 23.1 Å². The minimum atomic E-state index is -4.22. The number of rotatable bonds is 3. The van der Waals surface area contributed by atoms with Gasteiger partial charge in [0.2, 0.25) is 0 Å². The highest BCUT2D eigenvalue weighted by Crippen LogP contribution is 2.27. The Morgan fingerprint density at radius 1 is 1.11 bits per heavy atom. The molecule has 2 N–H and O–H groups in total. The molecule has 0 saturated carbocycles. The summed E-state index contributed by atoms with van der Waals surface area (Å²) in [6.45, 7) is 4.18. The van der Waals surface area contributed by atoms with Crippen LogP contribution in [0.1, 0.15) is 25.3 Å². The van der Waals surface area contributed by atoms with Gasteiger partial charge < -0.3 is 4.98 Å². The van der Waals surface area contributed by atoms with Gasteiger partial charge in [0.05, 0.1) is 0 Å².